The van der Waals surface area contributed by atoms with E-state index in [-0.39, 0.29) is 0 Å². The molecule has 2 aromatic rings. The van der Waals surface area contributed by atoms with Crippen molar-refractivity contribution in [2.24, 2.45) is 0 Å². The molecule has 0 aliphatic heterocycles. The summed E-state index contributed by atoms with van der Waals surface area (Å²) in [6.45, 7) is 0.697. The van der Waals surface area contributed by atoms with Gasteiger partial charge in [0.25, 0.3) is 0 Å². The highest BCUT2D eigenvalue weighted by Crippen LogP contribution is 2.29. The highest BCUT2D eigenvalue weighted by Gasteiger charge is 2.12. The van der Waals surface area contributed by atoms with Crippen molar-refractivity contribution in [2.75, 3.05) is 12.4 Å². The third kappa shape index (κ3) is 2.71. The van der Waals surface area contributed by atoms with Gasteiger partial charge in [0.2, 0.25) is 0 Å². The smallest absolute Gasteiger partial charge is 0.143 e. The molecule has 0 aromatic heterocycles. The molecule has 0 spiro atoms. The largest absolute Gasteiger partial charge is 0.495 e. The summed E-state index contributed by atoms with van der Waals surface area (Å²) in [5.41, 5.74) is 5.56. The Hall–Kier alpha value is -2.47. The number of ether oxygens (including phenoxy) is 1. The lowest BCUT2D eigenvalue weighted by molar-refractivity contribution is 0.416. The number of nitrogens with zero attached hydrogens (tertiary/aromatic N) is 1. The average molecular weight is 278 g/mol. The van der Waals surface area contributed by atoms with E-state index in [1.807, 2.05) is 12.1 Å². The van der Waals surface area contributed by atoms with Crippen LogP contribution in [0.5, 0.6) is 5.75 Å². The van der Waals surface area contributed by atoms with Gasteiger partial charge in [-0.3, -0.25) is 0 Å². The maximum absolute atomic E-state index is 9.22. The van der Waals surface area contributed by atoms with E-state index in [0.717, 1.165) is 5.69 Å². The molecule has 0 fully saturated rings. The van der Waals surface area contributed by atoms with E-state index < -0.39 is 0 Å². The Morgan fingerprint density at radius 3 is 2.86 bits per heavy atom. The quantitative estimate of drug-likeness (QED) is 0.928. The van der Waals surface area contributed by atoms with Crippen molar-refractivity contribution in [1.82, 2.24) is 0 Å². The number of fused-ring (bicyclic) bond motifs is 1. The second-order valence-electron chi connectivity index (χ2n) is 5.30. The molecular weight excluding hydrogens is 260 g/mol. The zero-order valence-corrected chi connectivity index (χ0v) is 12.1. The molecule has 3 nitrogen and oxygen atoms in total. The number of hydrogen-bond donors (Lipinski definition) is 1. The van der Waals surface area contributed by atoms with Gasteiger partial charge in [-0.2, -0.15) is 5.26 Å². The van der Waals surface area contributed by atoms with Crippen molar-refractivity contribution in [3.8, 4) is 11.8 Å². The van der Waals surface area contributed by atoms with E-state index in [2.05, 4.69) is 29.6 Å². The van der Waals surface area contributed by atoms with E-state index in [4.69, 9.17) is 4.74 Å². The van der Waals surface area contributed by atoms with Gasteiger partial charge in [-0.05, 0) is 48.1 Å². The Morgan fingerprint density at radius 2 is 2.05 bits per heavy atom. The summed E-state index contributed by atoms with van der Waals surface area (Å²) in [5, 5.41) is 12.6. The molecule has 21 heavy (non-hydrogen) atoms. The standard InChI is InChI=1S/C18H18N2O/c1-21-17-7-3-6-16(11-19)18(17)20-12-13-8-9-14-4-2-5-15(14)10-13/h3,6-10,20H,2,4-5,12H2,1H3. The molecule has 0 heterocycles. The summed E-state index contributed by atoms with van der Waals surface area (Å²) in [6.07, 6.45) is 3.65. The summed E-state index contributed by atoms with van der Waals surface area (Å²) in [7, 11) is 1.62. The summed E-state index contributed by atoms with van der Waals surface area (Å²) in [4.78, 5) is 0. The highest BCUT2D eigenvalue weighted by molar-refractivity contribution is 5.66. The molecule has 0 amide bonds. The van der Waals surface area contributed by atoms with Gasteiger partial charge < -0.3 is 10.1 Å². The lowest BCUT2D eigenvalue weighted by atomic mass is 10.1. The number of nitrogens with one attached hydrogen (secondary N) is 1. The molecule has 0 bridgehead atoms. The molecule has 3 rings (SSSR count). The normalized spacial score (nSPS) is 12.6. The fourth-order valence-corrected chi connectivity index (χ4v) is 2.90. The summed E-state index contributed by atoms with van der Waals surface area (Å²) >= 11 is 0. The molecular formula is C18H18N2O. The Labute approximate surface area is 125 Å². The van der Waals surface area contributed by atoms with Gasteiger partial charge in [-0.25, -0.2) is 0 Å². The van der Waals surface area contributed by atoms with Crippen molar-refractivity contribution in [3.63, 3.8) is 0 Å². The number of nitriles is 1. The topological polar surface area (TPSA) is 45.0 Å². The SMILES string of the molecule is COc1cccc(C#N)c1NCc1ccc2c(c1)CCC2. The zero-order valence-electron chi connectivity index (χ0n) is 12.1. The highest BCUT2D eigenvalue weighted by atomic mass is 16.5. The Morgan fingerprint density at radius 1 is 1.19 bits per heavy atom. The van der Waals surface area contributed by atoms with E-state index in [1.165, 1.54) is 36.0 Å². The van der Waals surface area contributed by atoms with Crippen LogP contribution in [0.2, 0.25) is 0 Å². The molecule has 106 valence electrons. The molecule has 1 aliphatic carbocycles. The Kier molecular flexibility index (Phi) is 3.79. The van der Waals surface area contributed by atoms with E-state index in [9.17, 15) is 5.26 Å². The van der Waals surface area contributed by atoms with Crippen LogP contribution in [0.1, 0.15) is 28.7 Å². The Bertz CT molecular complexity index is 701. The first-order valence-corrected chi connectivity index (χ1v) is 7.23. The maximum Gasteiger partial charge on any atom is 0.143 e. The van der Waals surface area contributed by atoms with E-state index in [0.29, 0.717) is 17.9 Å². The number of benzene rings is 2. The number of para-hydroxylation sites is 1. The molecule has 0 atom stereocenters. The number of hydrogen-bond acceptors (Lipinski definition) is 3. The lowest BCUT2D eigenvalue weighted by Gasteiger charge is -2.13. The number of rotatable bonds is 4. The van der Waals surface area contributed by atoms with Gasteiger partial charge in [0.15, 0.2) is 0 Å². The van der Waals surface area contributed by atoms with Crippen LogP contribution in [0.15, 0.2) is 36.4 Å². The van der Waals surface area contributed by atoms with E-state index >= 15 is 0 Å². The van der Waals surface area contributed by atoms with Crippen LogP contribution in [-0.2, 0) is 19.4 Å². The maximum atomic E-state index is 9.22. The zero-order chi connectivity index (χ0) is 14.7. The van der Waals surface area contributed by atoms with E-state index in [1.54, 1.807) is 13.2 Å². The number of aryl methyl sites for hydroxylation is 2. The third-order valence-electron chi connectivity index (χ3n) is 4.00. The number of methoxy groups -OCH3 is 1. The fraction of sp³-hybridized carbons (Fsp3) is 0.278. The van der Waals surface area contributed by atoms with Crippen LogP contribution in [-0.4, -0.2) is 7.11 Å². The molecule has 0 radical (unpaired) electrons. The molecule has 0 saturated carbocycles. The molecule has 0 saturated heterocycles. The third-order valence-corrected chi connectivity index (χ3v) is 4.00. The molecule has 0 unspecified atom stereocenters. The van der Waals surface area contributed by atoms with Gasteiger partial charge in [-0.1, -0.05) is 24.3 Å². The first-order chi connectivity index (χ1) is 10.3. The first-order valence-electron chi connectivity index (χ1n) is 7.23. The molecule has 1 aliphatic rings. The summed E-state index contributed by atoms with van der Waals surface area (Å²) in [5.74, 6) is 0.704. The van der Waals surface area contributed by atoms with Gasteiger partial charge in [0.05, 0.1) is 18.4 Å². The minimum atomic E-state index is 0.607. The monoisotopic (exact) mass is 278 g/mol. The molecule has 2 aromatic carbocycles. The van der Waals surface area contributed by atoms with Crippen LogP contribution in [0.3, 0.4) is 0 Å². The minimum absolute atomic E-state index is 0.607. The second kappa shape index (κ2) is 5.88. The first kappa shape index (κ1) is 13.5. The van der Waals surface area contributed by atoms with Crippen molar-refractivity contribution in [1.29, 1.82) is 5.26 Å². The van der Waals surface area contributed by atoms with Crippen LogP contribution < -0.4 is 10.1 Å². The lowest BCUT2D eigenvalue weighted by Crippen LogP contribution is -2.04. The van der Waals surface area contributed by atoms with Gasteiger partial charge in [0, 0.05) is 6.54 Å². The van der Waals surface area contributed by atoms with Crippen molar-refractivity contribution in [2.45, 2.75) is 25.8 Å². The predicted molar refractivity (Wildman–Crippen MR) is 83.5 cm³/mol. The van der Waals surface area contributed by atoms with Crippen LogP contribution >= 0.6 is 0 Å². The van der Waals surface area contributed by atoms with Crippen molar-refractivity contribution >= 4 is 5.69 Å². The van der Waals surface area contributed by atoms with Crippen LogP contribution in [0.25, 0.3) is 0 Å². The van der Waals surface area contributed by atoms with Crippen LogP contribution in [0.4, 0.5) is 5.69 Å². The van der Waals surface area contributed by atoms with Gasteiger partial charge >= 0.3 is 0 Å². The number of anilines is 1. The van der Waals surface area contributed by atoms with Crippen molar-refractivity contribution in [3.05, 3.63) is 58.7 Å². The van der Waals surface area contributed by atoms with Gasteiger partial charge in [-0.15, -0.1) is 0 Å². The predicted octanol–water partition coefficient (Wildman–Crippen LogP) is 3.67. The molecule has 3 heteroatoms. The van der Waals surface area contributed by atoms with Gasteiger partial charge in [0.1, 0.15) is 11.8 Å². The van der Waals surface area contributed by atoms with Crippen LogP contribution in [0, 0.1) is 11.3 Å². The summed E-state index contributed by atoms with van der Waals surface area (Å²) < 4.78 is 5.34. The second-order valence-corrected chi connectivity index (χ2v) is 5.30. The summed E-state index contributed by atoms with van der Waals surface area (Å²) in [6, 6.07) is 14.4. The average Bonchev–Trinajstić information content (AvgIpc) is 3.00. The van der Waals surface area contributed by atoms with Crippen molar-refractivity contribution < 1.29 is 4.74 Å². The fourth-order valence-electron chi connectivity index (χ4n) is 2.90. The minimum Gasteiger partial charge on any atom is -0.495 e. The Balaban J connectivity index is 1.81. The molecule has 1 N–H and O–H groups in total.